The monoisotopic (exact) mass is 347 g/mol. The lowest BCUT2D eigenvalue weighted by molar-refractivity contribution is -0.126. The molecule has 6 nitrogen and oxygen atoms in total. The third kappa shape index (κ3) is 3.02. The number of hydrogen-bond acceptors (Lipinski definition) is 4. The molecule has 2 aromatic rings. The van der Waals surface area contributed by atoms with Gasteiger partial charge in [-0.2, -0.15) is 13.9 Å². The Kier molecular flexibility index (Phi) is 4.62. The zero-order chi connectivity index (χ0) is 16.4. The maximum absolute atomic E-state index is 12.4. The molecule has 1 amide bonds. The number of amides is 1. The Balaban J connectivity index is 2.57. The van der Waals surface area contributed by atoms with E-state index in [2.05, 4.69) is 10.2 Å². The van der Waals surface area contributed by atoms with Gasteiger partial charge in [0, 0.05) is 17.3 Å². The third-order valence-corrected chi connectivity index (χ3v) is 3.55. The predicted octanol–water partition coefficient (Wildman–Crippen LogP) is 2.92. The second-order valence-corrected chi connectivity index (χ2v) is 4.95. The Morgan fingerprint density at radius 3 is 2.68 bits per heavy atom. The van der Waals surface area contributed by atoms with Crippen molar-refractivity contribution in [3.05, 3.63) is 39.6 Å². The summed E-state index contributed by atoms with van der Waals surface area (Å²) in [7, 11) is 0. The zero-order valence-corrected chi connectivity index (χ0v) is 12.3. The van der Waals surface area contributed by atoms with E-state index in [0.717, 1.165) is 6.07 Å². The van der Waals surface area contributed by atoms with Crippen LogP contribution in [0.4, 0.5) is 20.2 Å². The second-order valence-electron chi connectivity index (χ2n) is 4.16. The van der Waals surface area contributed by atoms with Crippen molar-refractivity contribution in [2.45, 2.75) is 6.43 Å². The molecule has 5 N–H and O–H groups in total. The number of H-pyrrole nitrogens is 1. The highest BCUT2D eigenvalue weighted by molar-refractivity contribution is 6.45. The summed E-state index contributed by atoms with van der Waals surface area (Å²) in [6.45, 7) is 0. The van der Waals surface area contributed by atoms with Crippen molar-refractivity contribution in [3.8, 4) is 0 Å². The lowest BCUT2D eigenvalue weighted by atomic mass is 10.0. The van der Waals surface area contributed by atoms with Gasteiger partial charge in [0.05, 0.1) is 33.3 Å². The summed E-state index contributed by atoms with van der Waals surface area (Å²) in [5.74, 6) is -1.54. The molecule has 0 aliphatic heterocycles. The zero-order valence-electron chi connectivity index (χ0n) is 10.8. The number of aromatic nitrogens is 2. The smallest absolute Gasteiger partial charge is 0.315 e. The van der Waals surface area contributed by atoms with E-state index in [-0.39, 0.29) is 32.7 Å². The fraction of sp³-hybridized carbons (Fsp3) is 0.0833. The first-order valence-corrected chi connectivity index (χ1v) is 6.53. The molecule has 0 saturated heterocycles. The van der Waals surface area contributed by atoms with Gasteiger partial charge in [0.2, 0.25) is 0 Å². The standard InChI is InChI=1S/C12H9Cl2F2N5O/c13-5-1-6(21-12(22)11(15)16)7(10(18)8(5)14)9(17)4-2-19-20-3-4/h1-3,11,17H,18H2,(H,19,20)(H,21,22). The van der Waals surface area contributed by atoms with Crippen molar-refractivity contribution in [3.63, 3.8) is 0 Å². The van der Waals surface area contributed by atoms with Gasteiger partial charge in [-0.05, 0) is 6.07 Å². The number of carbonyl (C=O) groups is 1. The van der Waals surface area contributed by atoms with Crippen molar-refractivity contribution in [1.29, 1.82) is 5.41 Å². The number of halogens is 4. The summed E-state index contributed by atoms with van der Waals surface area (Å²) in [5.41, 5.74) is 5.72. The highest BCUT2D eigenvalue weighted by atomic mass is 35.5. The van der Waals surface area contributed by atoms with Crippen LogP contribution in [0, 0.1) is 5.41 Å². The highest BCUT2D eigenvalue weighted by Gasteiger charge is 2.23. The molecule has 0 atom stereocenters. The van der Waals surface area contributed by atoms with Gasteiger partial charge in [-0.15, -0.1) is 0 Å². The molecule has 10 heteroatoms. The minimum absolute atomic E-state index is 0.0233. The molecule has 22 heavy (non-hydrogen) atoms. The summed E-state index contributed by atoms with van der Waals surface area (Å²) < 4.78 is 24.9. The number of nitrogens with two attached hydrogens (primary N) is 1. The molecule has 0 spiro atoms. The topological polar surface area (TPSA) is 108 Å². The minimum Gasteiger partial charge on any atom is -0.397 e. The summed E-state index contributed by atoms with van der Waals surface area (Å²) in [4.78, 5) is 11.2. The first kappa shape index (κ1) is 16.2. The molecule has 1 aromatic carbocycles. The summed E-state index contributed by atoms with van der Waals surface area (Å²) in [6.07, 6.45) is -0.488. The normalized spacial score (nSPS) is 10.8. The van der Waals surface area contributed by atoms with Crippen LogP contribution < -0.4 is 11.1 Å². The number of nitrogen functional groups attached to an aromatic ring is 1. The fourth-order valence-electron chi connectivity index (χ4n) is 1.73. The van der Waals surface area contributed by atoms with E-state index in [9.17, 15) is 13.6 Å². The molecule has 0 unspecified atom stereocenters. The number of carbonyl (C=O) groups excluding carboxylic acids is 1. The van der Waals surface area contributed by atoms with Gasteiger partial charge in [0.15, 0.2) is 0 Å². The molecule has 0 fully saturated rings. The van der Waals surface area contributed by atoms with Crippen LogP contribution in [0.3, 0.4) is 0 Å². The van der Waals surface area contributed by atoms with E-state index in [1.807, 2.05) is 5.32 Å². The molecule has 0 radical (unpaired) electrons. The van der Waals surface area contributed by atoms with Crippen LogP contribution in [-0.4, -0.2) is 28.2 Å². The van der Waals surface area contributed by atoms with Gasteiger partial charge in [-0.25, -0.2) is 0 Å². The van der Waals surface area contributed by atoms with Crippen molar-refractivity contribution >= 4 is 46.2 Å². The van der Waals surface area contributed by atoms with Gasteiger partial charge >= 0.3 is 6.43 Å². The van der Waals surface area contributed by atoms with Crippen LogP contribution in [-0.2, 0) is 4.79 Å². The van der Waals surface area contributed by atoms with Gasteiger partial charge in [0.1, 0.15) is 0 Å². The number of hydrogen-bond donors (Lipinski definition) is 4. The number of rotatable bonds is 4. The number of anilines is 2. The Morgan fingerprint density at radius 1 is 1.45 bits per heavy atom. The van der Waals surface area contributed by atoms with Crippen LogP contribution in [0.15, 0.2) is 18.5 Å². The Hall–Kier alpha value is -2.19. The van der Waals surface area contributed by atoms with Crippen LogP contribution in [0.1, 0.15) is 11.1 Å². The predicted molar refractivity (Wildman–Crippen MR) is 80.0 cm³/mol. The van der Waals surface area contributed by atoms with Crippen LogP contribution in [0.25, 0.3) is 0 Å². The van der Waals surface area contributed by atoms with Gasteiger partial charge < -0.3 is 11.1 Å². The van der Waals surface area contributed by atoms with Gasteiger partial charge in [0.25, 0.3) is 5.91 Å². The molecule has 0 saturated carbocycles. The molecule has 1 heterocycles. The number of benzene rings is 1. The Morgan fingerprint density at radius 2 is 2.14 bits per heavy atom. The van der Waals surface area contributed by atoms with E-state index < -0.39 is 12.3 Å². The molecule has 0 aliphatic carbocycles. The number of aromatic amines is 1. The lowest BCUT2D eigenvalue weighted by Gasteiger charge is -2.16. The number of nitrogens with zero attached hydrogens (tertiary/aromatic N) is 1. The number of nitrogens with one attached hydrogen (secondary N) is 3. The maximum Gasteiger partial charge on any atom is 0.315 e. The van der Waals surface area contributed by atoms with Gasteiger partial charge in [-0.3, -0.25) is 15.3 Å². The van der Waals surface area contributed by atoms with Crippen LogP contribution in [0.2, 0.25) is 10.0 Å². The summed E-state index contributed by atoms with van der Waals surface area (Å²) in [5, 5.41) is 16.2. The van der Waals surface area contributed by atoms with E-state index in [1.165, 1.54) is 12.4 Å². The molecule has 1 aromatic heterocycles. The molecular formula is C12H9Cl2F2N5O. The van der Waals surface area contributed by atoms with Crippen molar-refractivity contribution in [2.75, 3.05) is 11.1 Å². The fourth-order valence-corrected chi connectivity index (χ4v) is 2.09. The average molecular weight is 348 g/mol. The van der Waals surface area contributed by atoms with Crippen molar-refractivity contribution in [1.82, 2.24) is 10.2 Å². The van der Waals surface area contributed by atoms with Gasteiger partial charge in [-0.1, -0.05) is 23.2 Å². The minimum atomic E-state index is -3.23. The summed E-state index contributed by atoms with van der Waals surface area (Å²) >= 11 is 11.8. The Bertz CT molecular complexity index is 734. The lowest BCUT2D eigenvalue weighted by Crippen LogP contribution is -2.22. The van der Waals surface area contributed by atoms with Crippen molar-refractivity contribution < 1.29 is 13.6 Å². The van der Waals surface area contributed by atoms with Crippen LogP contribution in [0.5, 0.6) is 0 Å². The second kappa shape index (κ2) is 6.29. The number of alkyl halides is 2. The molecule has 0 bridgehead atoms. The molecular weight excluding hydrogens is 339 g/mol. The maximum atomic E-state index is 12.4. The highest BCUT2D eigenvalue weighted by Crippen LogP contribution is 2.37. The Labute approximate surface area is 133 Å². The van der Waals surface area contributed by atoms with E-state index in [4.69, 9.17) is 34.3 Å². The first-order valence-electron chi connectivity index (χ1n) is 5.77. The average Bonchev–Trinajstić information content (AvgIpc) is 2.98. The van der Waals surface area contributed by atoms with Crippen LogP contribution >= 0.6 is 23.2 Å². The third-order valence-electron chi connectivity index (χ3n) is 2.75. The summed E-state index contributed by atoms with van der Waals surface area (Å²) in [6, 6.07) is 1.16. The van der Waals surface area contributed by atoms with E-state index in [1.54, 1.807) is 0 Å². The van der Waals surface area contributed by atoms with Crippen molar-refractivity contribution in [2.24, 2.45) is 0 Å². The largest absolute Gasteiger partial charge is 0.397 e. The SMILES string of the molecule is N=C(c1cn[nH]c1)c1c(NC(=O)C(F)F)cc(Cl)c(Cl)c1N. The molecule has 0 aliphatic rings. The van der Waals surface area contributed by atoms with E-state index in [0.29, 0.717) is 5.56 Å². The van der Waals surface area contributed by atoms with E-state index >= 15 is 0 Å². The first-order chi connectivity index (χ1) is 10.3. The molecule has 2 rings (SSSR count). The molecule has 116 valence electrons. The quantitative estimate of drug-likeness (QED) is 0.504.